The number of nitrogens with zero attached hydrogens (tertiary/aromatic N) is 1. The predicted molar refractivity (Wildman–Crippen MR) is 96.7 cm³/mol. The van der Waals surface area contributed by atoms with Crippen molar-refractivity contribution in [3.05, 3.63) is 63.4 Å². The third-order valence-corrected chi connectivity index (χ3v) is 4.43. The molecule has 0 saturated carbocycles. The van der Waals surface area contributed by atoms with Crippen LogP contribution >= 0.6 is 23.2 Å². The summed E-state index contributed by atoms with van der Waals surface area (Å²) < 4.78 is 0. The average molecular weight is 377 g/mol. The van der Waals surface area contributed by atoms with Crippen molar-refractivity contribution in [3.63, 3.8) is 0 Å². The first kappa shape index (κ1) is 17.3. The summed E-state index contributed by atoms with van der Waals surface area (Å²) in [7, 11) is 0. The summed E-state index contributed by atoms with van der Waals surface area (Å²) in [6.07, 6.45) is -0.0857. The minimum atomic E-state index is -0.647. The number of imidazole rings is 1. The molecule has 6 nitrogen and oxygen atoms in total. The van der Waals surface area contributed by atoms with Gasteiger partial charge in [0.1, 0.15) is 5.82 Å². The fourth-order valence-corrected chi connectivity index (χ4v) is 3.29. The molecule has 0 aliphatic heterocycles. The third kappa shape index (κ3) is 3.45. The smallest absolute Gasteiger partial charge is 0.249 e. The zero-order valence-electron chi connectivity index (χ0n) is 12.9. The Balaban J connectivity index is 2.21. The van der Waals surface area contributed by atoms with Gasteiger partial charge in [0.15, 0.2) is 0 Å². The van der Waals surface area contributed by atoms with Gasteiger partial charge < -0.3 is 16.5 Å². The Bertz CT molecular complexity index is 984. The van der Waals surface area contributed by atoms with Crippen LogP contribution in [-0.2, 0) is 4.79 Å². The molecule has 0 spiro atoms. The van der Waals surface area contributed by atoms with Gasteiger partial charge in [0.05, 0.1) is 17.0 Å². The average Bonchev–Trinajstić information content (AvgIpc) is 2.95. The van der Waals surface area contributed by atoms with E-state index in [1.807, 2.05) is 0 Å². The molecule has 1 heterocycles. The summed E-state index contributed by atoms with van der Waals surface area (Å²) >= 11 is 12.3. The van der Waals surface area contributed by atoms with E-state index in [1.54, 1.807) is 36.4 Å². The Morgan fingerprint density at radius 3 is 2.60 bits per heavy atom. The second kappa shape index (κ2) is 6.74. The number of nitrogens with two attached hydrogens (primary N) is 2. The molecule has 25 heavy (non-hydrogen) atoms. The maximum Gasteiger partial charge on any atom is 0.249 e. The zero-order chi connectivity index (χ0) is 18.1. The minimum Gasteiger partial charge on any atom is -0.370 e. The largest absolute Gasteiger partial charge is 0.370 e. The van der Waals surface area contributed by atoms with Crippen molar-refractivity contribution in [3.8, 4) is 0 Å². The number of fused-ring (bicyclic) bond motifs is 1. The van der Waals surface area contributed by atoms with E-state index in [-0.39, 0.29) is 12.0 Å². The Kier molecular flexibility index (Phi) is 4.65. The highest BCUT2D eigenvalue weighted by atomic mass is 35.5. The van der Waals surface area contributed by atoms with Crippen molar-refractivity contribution in [2.45, 2.75) is 12.3 Å². The van der Waals surface area contributed by atoms with Gasteiger partial charge in [0, 0.05) is 22.0 Å². The van der Waals surface area contributed by atoms with Crippen LogP contribution in [0, 0.1) is 0 Å². The number of rotatable bonds is 5. The Morgan fingerprint density at radius 2 is 1.92 bits per heavy atom. The van der Waals surface area contributed by atoms with Crippen LogP contribution in [-0.4, -0.2) is 21.8 Å². The van der Waals surface area contributed by atoms with Crippen LogP contribution < -0.4 is 11.5 Å². The molecule has 2 aromatic carbocycles. The van der Waals surface area contributed by atoms with Gasteiger partial charge in [-0.1, -0.05) is 29.3 Å². The molecule has 128 valence electrons. The van der Waals surface area contributed by atoms with E-state index in [2.05, 4.69) is 9.97 Å². The molecule has 8 heteroatoms. The number of amides is 2. The number of primary amides is 2. The van der Waals surface area contributed by atoms with E-state index < -0.39 is 17.7 Å². The predicted octanol–water partition coefficient (Wildman–Crippen LogP) is 2.98. The van der Waals surface area contributed by atoms with Crippen LogP contribution in [0.25, 0.3) is 11.0 Å². The number of nitrogens with one attached hydrogen (secondary N) is 1. The molecule has 1 aromatic heterocycles. The monoisotopic (exact) mass is 376 g/mol. The van der Waals surface area contributed by atoms with Crippen LogP contribution in [0.4, 0.5) is 0 Å². The lowest BCUT2D eigenvalue weighted by atomic mass is 9.90. The van der Waals surface area contributed by atoms with Crippen molar-refractivity contribution >= 4 is 46.0 Å². The molecular formula is C17H14Cl2N4O2. The molecule has 0 bridgehead atoms. The van der Waals surface area contributed by atoms with Crippen molar-refractivity contribution in [1.82, 2.24) is 9.97 Å². The lowest BCUT2D eigenvalue weighted by molar-refractivity contribution is -0.118. The summed E-state index contributed by atoms with van der Waals surface area (Å²) in [6.45, 7) is 0. The SMILES string of the molecule is NC(=O)CC(c1nc2ccc(Cl)cc2[nH]1)c1c(Cl)cccc1C(N)=O. The van der Waals surface area contributed by atoms with E-state index >= 15 is 0 Å². The zero-order valence-corrected chi connectivity index (χ0v) is 14.4. The van der Waals surface area contributed by atoms with Gasteiger partial charge in [-0.2, -0.15) is 0 Å². The summed E-state index contributed by atoms with van der Waals surface area (Å²) in [5.41, 5.74) is 12.9. The lowest BCUT2D eigenvalue weighted by Gasteiger charge is -2.18. The van der Waals surface area contributed by atoms with Gasteiger partial charge >= 0.3 is 0 Å². The number of benzene rings is 2. The molecule has 0 fully saturated rings. The van der Waals surface area contributed by atoms with Gasteiger partial charge in [0.25, 0.3) is 0 Å². The van der Waals surface area contributed by atoms with Gasteiger partial charge in [-0.05, 0) is 35.9 Å². The Hall–Kier alpha value is -2.57. The molecule has 3 aromatic rings. The van der Waals surface area contributed by atoms with Crippen LogP contribution in [0.1, 0.15) is 34.1 Å². The van der Waals surface area contributed by atoms with Crippen LogP contribution in [0.3, 0.4) is 0 Å². The molecule has 3 rings (SSSR count). The highest BCUT2D eigenvalue weighted by Crippen LogP contribution is 2.35. The summed E-state index contributed by atoms with van der Waals surface area (Å²) in [5.74, 6) is -1.39. The molecule has 0 radical (unpaired) electrons. The van der Waals surface area contributed by atoms with Gasteiger partial charge in [-0.3, -0.25) is 9.59 Å². The summed E-state index contributed by atoms with van der Waals surface area (Å²) in [4.78, 5) is 31.0. The molecule has 2 amide bonds. The van der Waals surface area contributed by atoms with Crippen LogP contribution in [0.15, 0.2) is 36.4 Å². The molecule has 0 saturated heterocycles. The number of carbonyl (C=O) groups is 2. The van der Waals surface area contributed by atoms with Gasteiger partial charge in [-0.15, -0.1) is 0 Å². The first-order valence-electron chi connectivity index (χ1n) is 7.38. The fourth-order valence-electron chi connectivity index (χ4n) is 2.81. The summed E-state index contributed by atoms with van der Waals surface area (Å²) in [5, 5.41) is 0.853. The quantitative estimate of drug-likeness (QED) is 0.635. The van der Waals surface area contributed by atoms with E-state index in [9.17, 15) is 9.59 Å². The lowest BCUT2D eigenvalue weighted by Crippen LogP contribution is -2.21. The molecule has 1 unspecified atom stereocenters. The highest BCUT2D eigenvalue weighted by molar-refractivity contribution is 6.32. The maximum absolute atomic E-state index is 11.8. The van der Waals surface area contributed by atoms with E-state index in [0.29, 0.717) is 32.5 Å². The van der Waals surface area contributed by atoms with E-state index in [0.717, 1.165) is 0 Å². The molecular weight excluding hydrogens is 363 g/mol. The molecule has 0 aliphatic rings. The molecule has 1 atom stereocenters. The number of aromatic nitrogens is 2. The first-order chi connectivity index (χ1) is 11.9. The normalized spacial score (nSPS) is 12.2. The second-order valence-corrected chi connectivity index (χ2v) is 6.42. The van der Waals surface area contributed by atoms with Crippen LogP contribution in [0.5, 0.6) is 0 Å². The highest BCUT2D eigenvalue weighted by Gasteiger charge is 2.27. The summed E-state index contributed by atoms with van der Waals surface area (Å²) in [6, 6.07) is 9.97. The topological polar surface area (TPSA) is 115 Å². The standard InChI is InChI=1S/C17H14Cl2N4O2/c18-8-4-5-12-13(6-8)23-17(22-12)10(7-14(20)24)15-9(16(21)25)2-1-3-11(15)19/h1-6,10H,7H2,(H2,20,24)(H2,21,25)(H,22,23). The van der Waals surface area contributed by atoms with E-state index in [4.69, 9.17) is 34.7 Å². The second-order valence-electron chi connectivity index (χ2n) is 5.57. The van der Waals surface area contributed by atoms with Crippen molar-refractivity contribution in [2.75, 3.05) is 0 Å². The maximum atomic E-state index is 11.8. The number of hydrogen-bond donors (Lipinski definition) is 3. The van der Waals surface area contributed by atoms with Crippen molar-refractivity contribution in [2.24, 2.45) is 11.5 Å². The van der Waals surface area contributed by atoms with Crippen molar-refractivity contribution in [1.29, 1.82) is 0 Å². The third-order valence-electron chi connectivity index (χ3n) is 3.86. The van der Waals surface area contributed by atoms with E-state index in [1.165, 1.54) is 0 Å². The number of H-pyrrole nitrogens is 1. The van der Waals surface area contributed by atoms with Gasteiger partial charge in [0.2, 0.25) is 11.8 Å². The fraction of sp³-hybridized carbons (Fsp3) is 0.118. The Morgan fingerprint density at radius 1 is 1.16 bits per heavy atom. The Labute approximate surface area is 153 Å². The number of aromatic amines is 1. The molecule has 0 aliphatic carbocycles. The number of hydrogen-bond acceptors (Lipinski definition) is 3. The van der Waals surface area contributed by atoms with Gasteiger partial charge in [-0.25, -0.2) is 4.98 Å². The molecule has 5 N–H and O–H groups in total. The first-order valence-corrected chi connectivity index (χ1v) is 8.14. The number of carbonyl (C=O) groups excluding carboxylic acids is 2. The van der Waals surface area contributed by atoms with Crippen LogP contribution in [0.2, 0.25) is 10.0 Å². The van der Waals surface area contributed by atoms with Crippen molar-refractivity contribution < 1.29 is 9.59 Å². The minimum absolute atomic E-state index is 0.0857. The number of halogens is 2.